The summed E-state index contributed by atoms with van der Waals surface area (Å²) in [5.74, 6) is 1.35. The van der Waals surface area contributed by atoms with Gasteiger partial charge in [0.1, 0.15) is 5.75 Å². The van der Waals surface area contributed by atoms with E-state index in [4.69, 9.17) is 9.15 Å². The molecule has 7 heteroatoms. The Bertz CT molecular complexity index is 625. The lowest BCUT2D eigenvalue weighted by atomic mass is 10.1. The van der Waals surface area contributed by atoms with Gasteiger partial charge < -0.3 is 14.1 Å². The molecule has 0 N–H and O–H groups in total. The summed E-state index contributed by atoms with van der Waals surface area (Å²) in [4.78, 5) is 13.4. The lowest BCUT2D eigenvalue weighted by Crippen LogP contribution is -2.29. The van der Waals surface area contributed by atoms with Crippen LogP contribution in [0.1, 0.15) is 18.4 Å². The third kappa shape index (κ3) is 4.24. The summed E-state index contributed by atoms with van der Waals surface area (Å²) in [6, 6.07) is 7.68. The largest absolute Gasteiger partial charge is 0.497 e. The van der Waals surface area contributed by atoms with Gasteiger partial charge in [0.2, 0.25) is 11.8 Å². The Balaban J connectivity index is 1.97. The Morgan fingerprint density at radius 1 is 1.32 bits per heavy atom. The topological polar surface area (TPSA) is 68.5 Å². The number of nitrogens with zero attached hydrogens (tertiary/aromatic N) is 3. The van der Waals surface area contributed by atoms with Crippen molar-refractivity contribution >= 4 is 17.7 Å². The van der Waals surface area contributed by atoms with E-state index in [-0.39, 0.29) is 11.2 Å². The highest BCUT2D eigenvalue weighted by molar-refractivity contribution is 8.00. The second-order valence-electron chi connectivity index (χ2n) is 4.98. The minimum Gasteiger partial charge on any atom is -0.497 e. The molecule has 0 spiro atoms. The first-order valence-electron chi connectivity index (χ1n) is 6.82. The number of ether oxygens (including phenoxy) is 1. The molecule has 2 aromatic rings. The molecule has 1 atom stereocenters. The predicted molar refractivity (Wildman–Crippen MR) is 84.1 cm³/mol. The monoisotopic (exact) mass is 321 g/mol. The maximum Gasteiger partial charge on any atom is 0.277 e. The fraction of sp³-hybridized carbons (Fsp3) is 0.400. The standard InChI is InChI=1S/C15H19N3O3S/c1-10(14(19)18(2)3)22-15-17-16-13(21-15)9-11-5-7-12(20-4)8-6-11/h5-8,10H,9H2,1-4H3. The van der Waals surface area contributed by atoms with E-state index in [9.17, 15) is 4.79 Å². The first-order chi connectivity index (χ1) is 10.5. The van der Waals surface area contributed by atoms with E-state index < -0.39 is 0 Å². The fourth-order valence-electron chi connectivity index (χ4n) is 1.84. The van der Waals surface area contributed by atoms with E-state index >= 15 is 0 Å². The Hall–Kier alpha value is -2.02. The van der Waals surface area contributed by atoms with Crippen molar-refractivity contribution in [3.8, 4) is 5.75 Å². The van der Waals surface area contributed by atoms with Gasteiger partial charge in [-0.3, -0.25) is 4.79 Å². The van der Waals surface area contributed by atoms with Crippen LogP contribution < -0.4 is 4.74 Å². The minimum absolute atomic E-state index is 0.0138. The van der Waals surface area contributed by atoms with Crippen molar-refractivity contribution in [3.63, 3.8) is 0 Å². The molecule has 0 aliphatic carbocycles. The van der Waals surface area contributed by atoms with Crippen molar-refractivity contribution in [1.29, 1.82) is 0 Å². The van der Waals surface area contributed by atoms with Gasteiger partial charge in [0.15, 0.2) is 0 Å². The molecule has 1 aromatic carbocycles. The summed E-state index contributed by atoms with van der Waals surface area (Å²) in [7, 11) is 5.08. The van der Waals surface area contributed by atoms with Crippen LogP contribution in [0.5, 0.6) is 5.75 Å². The van der Waals surface area contributed by atoms with E-state index in [0.29, 0.717) is 17.5 Å². The molecule has 0 radical (unpaired) electrons. The molecule has 0 aliphatic rings. The van der Waals surface area contributed by atoms with Crippen molar-refractivity contribution in [2.45, 2.75) is 23.8 Å². The van der Waals surface area contributed by atoms with Crippen LogP contribution in [-0.4, -0.2) is 47.5 Å². The highest BCUT2D eigenvalue weighted by Gasteiger charge is 2.19. The number of rotatable bonds is 6. The van der Waals surface area contributed by atoms with Crippen molar-refractivity contribution in [3.05, 3.63) is 35.7 Å². The van der Waals surface area contributed by atoms with Crippen molar-refractivity contribution in [2.24, 2.45) is 0 Å². The van der Waals surface area contributed by atoms with Gasteiger partial charge in [-0.25, -0.2) is 0 Å². The van der Waals surface area contributed by atoms with E-state index in [1.54, 1.807) is 26.1 Å². The van der Waals surface area contributed by atoms with Crippen LogP contribution in [0.2, 0.25) is 0 Å². The smallest absolute Gasteiger partial charge is 0.277 e. The number of benzene rings is 1. The molecular weight excluding hydrogens is 302 g/mol. The summed E-state index contributed by atoms with van der Waals surface area (Å²) in [5.41, 5.74) is 1.05. The number of hydrogen-bond donors (Lipinski definition) is 0. The molecule has 1 unspecified atom stereocenters. The number of carbonyl (C=O) groups excluding carboxylic acids is 1. The zero-order valence-electron chi connectivity index (χ0n) is 13.1. The normalized spacial score (nSPS) is 12.0. The van der Waals surface area contributed by atoms with Crippen LogP contribution in [0.15, 0.2) is 33.9 Å². The number of aromatic nitrogens is 2. The van der Waals surface area contributed by atoms with E-state index in [0.717, 1.165) is 11.3 Å². The van der Waals surface area contributed by atoms with Crippen LogP contribution in [-0.2, 0) is 11.2 Å². The summed E-state index contributed by atoms with van der Waals surface area (Å²) in [6.45, 7) is 1.82. The molecule has 0 fully saturated rings. The second-order valence-corrected chi connectivity index (χ2v) is 6.27. The van der Waals surface area contributed by atoms with Gasteiger partial charge in [0.05, 0.1) is 18.8 Å². The van der Waals surface area contributed by atoms with Gasteiger partial charge in [-0.05, 0) is 24.6 Å². The fourth-order valence-corrected chi connectivity index (χ4v) is 2.69. The molecule has 2 rings (SSSR count). The van der Waals surface area contributed by atoms with E-state index in [1.165, 1.54) is 11.8 Å². The quantitative estimate of drug-likeness (QED) is 0.760. The van der Waals surface area contributed by atoms with Gasteiger partial charge in [-0.2, -0.15) is 0 Å². The average Bonchev–Trinajstić information content (AvgIpc) is 2.94. The zero-order chi connectivity index (χ0) is 16.1. The Kier molecular flexibility index (Phi) is 5.43. The van der Waals surface area contributed by atoms with Crippen molar-refractivity contribution < 1.29 is 13.9 Å². The third-order valence-electron chi connectivity index (χ3n) is 3.03. The van der Waals surface area contributed by atoms with Crippen molar-refractivity contribution in [2.75, 3.05) is 21.2 Å². The molecular formula is C15H19N3O3S. The minimum atomic E-state index is -0.260. The molecule has 1 amide bonds. The highest BCUT2D eigenvalue weighted by Crippen LogP contribution is 2.23. The second kappa shape index (κ2) is 7.31. The Morgan fingerprint density at radius 3 is 2.59 bits per heavy atom. The lowest BCUT2D eigenvalue weighted by molar-refractivity contribution is -0.127. The van der Waals surface area contributed by atoms with Gasteiger partial charge in [0, 0.05) is 14.1 Å². The molecule has 118 valence electrons. The van der Waals surface area contributed by atoms with Gasteiger partial charge in [-0.1, -0.05) is 23.9 Å². The molecule has 0 saturated heterocycles. The number of thioether (sulfide) groups is 1. The summed E-state index contributed by atoms with van der Waals surface area (Å²) >= 11 is 1.27. The van der Waals surface area contributed by atoms with E-state index in [2.05, 4.69) is 10.2 Å². The molecule has 6 nitrogen and oxygen atoms in total. The Morgan fingerprint density at radius 2 is 2.00 bits per heavy atom. The van der Waals surface area contributed by atoms with E-state index in [1.807, 2.05) is 31.2 Å². The van der Waals surface area contributed by atoms with Crippen LogP contribution in [0, 0.1) is 0 Å². The number of carbonyl (C=O) groups is 1. The van der Waals surface area contributed by atoms with Crippen LogP contribution >= 0.6 is 11.8 Å². The van der Waals surface area contributed by atoms with Gasteiger partial charge >= 0.3 is 0 Å². The maximum absolute atomic E-state index is 11.8. The maximum atomic E-state index is 11.8. The molecule has 0 aliphatic heterocycles. The number of methoxy groups -OCH3 is 1. The van der Waals surface area contributed by atoms with Crippen molar-refractivity contribution in [1.82, 2.24) is 15.1 Å². The molecule has 1 aromatic heterocycles. The SMILES string of the molecule is COc1ccc(Cc2nnc(SC(C)C(=O)N(C)C)o2)cc1. The number of amides is 1. The zero-order valence-corrected chi connectivity index (χ0v) is 13.9. The summed E-state index contributed by atoms with van der Waals surface area (Å²) in [5, 5.41) is 8.14. The Labute approximate surface area is 133 Å². The first kappa shape index (κ1) is 16.4. The third-order valence-corrected chi connectivity index (χ3v) is 3.95. The average molecular weight is 321 g/mol. The van der Waals surface area contributed by atoms with Crippen LogP contribution in [0.25, 0.3) is 0 Å². The summed E-state index contributed by atoms with van der Waals surface area (Å²) in [6.07, 6.45) is 0.549. The molecule has 1 heterocycles. The van der Waals surface area contributed by atoms with Crippen LogP contribution in [0.3, 0.4) is 0 Å². The molecule has 0 saturated carbocycles. The number of hydrogen-bond acceptors (Lipinski definition) is 6. The molecule has 0 bridgehead atoms. The summed E-state index contributed by atoms with van der Waals surface area (Å²) < 4.78 is 10.7. The highest BCUT2D eigenvalue weighted by atomic mass is 32.2. The van der Waals surface area contributed by atoms with Crippen LogP contribution in [0.4, 0.5) is 0 Å². The first-order valence-corrected chi connectivity index (χ1v) is 7.70. The molecule has 22 heavy (non-hydrogen) atoms. The lowest BCUT2D eigenvalue weighted by Gasteiger charge is -2.14. The van der Waals surface area contributed by atoms with Gasteiger partial charge in [-0.15, -0.1) is 10.2 Å². The predicted octanol–water partition coefficient (Wildman–Crippen LogP) is 2.24. The van der Waals surface area contributed by atoms with Gasteiger partial charge in [0.25, 0.3) is 5.22 Å².